The molecule has 2 aromatic carbocycles. The Bertz CT molecular complexity index is 658. The Morgan fingerprint density at radius 2 is 1.71 bits per heavy atom. The average molecular weight is 329 g/mol. The fourth-order valence-corrected chi connectivity index (χ4v) is 2.48. The molecule has 0 N–H and O–H groups in total. The van der Waals surface area contributed by atoms with E-state index in [9.17, 15) is 4.79 Å². The van der Waals surface area contributed by atoms with Crippen LogP contribution < -0.4 is 9.47 Å². The van der Waals surface area contributed by atoms with Gasteiger partial charge in [0, 0.05) is 20.2 Å². The van der Waals surface area contributed by atoms with Crippen molar-refractivity contribution in [2.75, 3.05) is 34.5 Å². The van der Waals surface area contributed by atoms with Gasteiger partial charge in [-0.25, -0.2) is 0 Å². The molecule has 0 spiro atoms. The van der Waals surface area contributed by atoms with Gasteiger partial charge in [-0.15, -0.1) is 0 Å². The van der Waals surface area contributed by atoms with Crippen LogP contribution in [-0.2, 0) is 11.3 Å². The summed E-state index contributed by atoms with van der Waals surface area (Å²) in [7, 11) is 4.71. The summed E-state index contributed by atoms with van der Waals surface area (Å²) in [6, 6.07) is 15.2. The highest BCUT2D eigenvalue weighted by molar-refractivity contribution is 5.97. The molecule has 1 amide bonds. The van der Waals surface area contributed by atoms with E-state index in [4.69, 9.17) is 14.2 Å². The quantitative estimate of drug-likeness (QED) is 0.747. The maximum absolute atomic E-state index is 13.0. The number of carbonyl (C=O) groups is 1. The van der Waals surface area contributed by atoms with E-state index >= 15 is 0 Å². The predicted octanol–water partition coefficient (Wildman–Crippen LogP) is 2.99. The van der Waals surface area contributed by atoms with E-state index < -0.39 is 0 Å². The van der Waals surface area contributed by atoms with Crippen molar-refractivity contribution < 1.29 is 19.0 Å². The Morgan fingerprint density at radius 1 is 0.958 bits per heavy atom. The van der Waals surface area contributed by atoms with Crippen molar-refractivity contribution in [3.8, 4) is 11.5 Å². The Morgan fingerprint density at radius 3 is 2.33 bits per heavy atom. The van der Waals surface area contributed by atoms with E-state index in [1.807, 2.05) is 30.3 Å². The van der Waals surface area contributed by atoms with Gasteiger partial charge >= 0.3 is 0 Å². The number of nitrogens with zero attached hydrogens (tertiary/aromatic N) is 1. The largest absolute Gasteiger partial charge is 0.493 e. The molecule has 0 atom stereocenters. The molecule has 5 heteroatoms. The third-order valence-corrected chi connectivity index (χ3v) is 3.70. The van der Waals surface area contributed by atoms with Crippen LogP contribution in [-0.4, -0.2) is 45.3 Å². The molecule has 0 saturated heterocycles. The molecule has 0 aliphatic carbocycles. The third kappa shape index (κ3) is 4.26. The van der Waals surface area contributed by atoms with E-state index in [2.05, 4.69) is 0 Å². The van der Waals surface area contributed by atoms with Gasteiger partial charge in [0.25, 0.3) is 5.91 Å². The van der Waals surface area contributed by atoms with Gasteiger partial charge in [0.05, 0.1) is 26.4 Å². The summed E-state index contributed by atoms with van der Waals surface area (Å²) in [4.78, 5) is 14.8. The number of methoxy groups -OCH3 is 3. The SMILES string of the molecule is COCCN(Cc1ccccc1)C(=O)c1cccc(OC)c1OC. The van der Waals surface area contributed by atoms with Crippen molar-refractivity contribution in [3.63, 3.8) is 0 Å². The van der Waals surface area contributed by atoms with E-state index in [0.29, 0.717) is 36.8 Å². The highest BCUT2D eigenvalue weighted by atomic mass is 16.5. The Labute approximate surface area is 142 Å². The molecule has 2 aromatic rings. The smallest absolute Gasteiger partial charge is 0.258 e. The second-order valence-electron chi connectivity index (χ2n) is 5.25. The van der Waals surface area contributed by atoms with Crippen LogP contribution in [0.15, 0.2) is 48.5 Å². The van der Waals surface area contributed by atoms with Crippen LogP contribution in [0.4, 0.5) is 0 Å². The molecule has 0 bridgehead atoms. The molecular weight excluding hydrogens is 306 g/mol. The second kappa shape index (κ2) is 8.93. The van der Waals surface area contributed by atoms with Crippen molar-refractivity contribution in [1.29, 1.82) is 0 Å². The summed E-state index contributed by atoms with van der Waals surface area (Å²) in [6.07, 6.45) is 0. The number of benzene rings is 2. The first-order chi connectivity index (χ1) is 11.7. The lowest BCUT2D eigenvalue weighted by molar-refractivity contribution is 0.0676. The summed E-state index contributed by atoms with van der Waals surface area (Å²) in [5.41, 5.74) is 1.53. The van der Waals surface area contributed by atoms with Crippen LogP contribution in [0.25, 0.3) is 0 Å². The highest BCUT2D eigenvalue weighted by Gasteiger charge is 2.22. The molecule has 0 aliphatic heterocycles. The van der Waals surface area contributed by atoms with Crippen molar-refractivity contribution in [2.24, 2.45) is 0 Å². The van der Waals surface area contributed by atoms with Crippen LogP contribution in [0.1, 0.15) is 15.9 Å². The highest BCUT2D eigenvalue weighted by Crippen LogP contribution is 2.31. The molecule has 128 valence electrons. The topological polar surface area (TPSA) is 48.0 Å². The number of hydrogen-bond donors (Lipinski definition) is 0. The van der Waals surface area contributed by atoms with Crippen molar-refractivity contribution in [3.05, 3.63) is 59.7 Å². The monoisotopic (exact) mass is 329 g/mol. The summed E-state index contributed by atoms with van der Waals surface area (Å²) >= 11 is 0. The molecule has 0 heterocycles. The third-order valence-electron chi connectivity index (χ3n) is 3.70. The van der Waals surface area contributed by atoms with Gasteiger partial charge in [0.15, 0.2) is 11.5 Å². The van der Waals surface area contributed by atoms with Crippen LogP contribution in [0.5, 0.6) is 11.5 Å². The second-order valence-corrected chi connectivity index (χ2v) is 5.25. The normalized spacial score (nSPS) is 10.3. The fraction of sp³-hybridized carbons (Fsp3) is 0.316. The lowest BCUT2D eigenvalue weighted by Gasteiger charge is -2.24. The van der Waals surface area contributed by atoms with Gasteiger partial charge in [-0.2, -0.15) is 0 Å². The fourth-order valence-electron chi connectivity index (χ4n) is 2.48. The van der Waals surface area contributed by atoms with E-state index in [1.54, 1.807) is 37.3 Å². The number of carbonyl (C=O) groups excluding carboxylic acids is 1. The first-order valence-electron chi connectivity index (χ1n) is 7.74. The molecule has 0 aromatic heterocycles. The molecule has 0 saturated carbocycles. The minimum atomic E-state index is -0.119. The van der Waals surface area contributed by atoms with Gasteiger partial charge in [0.1, 0.15) is 0 Å². The number of ether oxygens (including phenoxy) is 3. The molecule has 0 unspecified atom stereocenters. The van der Waals surface area contributed by atoms with Gasteiger partial charge in [-0.3, -0.25) is 4.79 Å². The van der Waals surface area contributed by atoms with Gasteiger partial charge < -0.3 is 19.1 Å². The zero-order valence-electron chi connectivity index (χ0n) is 14.3. The Hall–Kier alpha value is -2.53. The van der Waals surface area contributed by atoms with Crippen LogP contribution in [0.3, 0.4) is 0 Å². The molecule has 0 fully saturated rings. The minimum absolute atomic E-state index is 0.119. The maximum Gasteiger partial charge on any atom is 0.258 e. The maximum atomic E-state index is 13.0. The zero-order chi connectivity index (χ0) is 17.4. The average Bonchev–Trinajstić information content (AvgIpc) is 2.64. The van der Waals surface area contributed by atoms with Gasteiger partial charge in [-0.1, -0.05) is 36.4 Å². The van der Waals surface area contributed by atoms with Crippen LogP contribution in [0.2, 0.25) is 0 Å². The predicted molar refractivity (Wildman–Crippen MR) is 92.6 cm³/mol. The standard InChI is InChI=1S/C19H23NO4/c1-22-13-12-20(14-15-8-5-4-6-9-15)19(21)16-10-7-11-17(23-2)18(16)24-3/h4-11H,12-14H2,1-3H3. The summed E-state index contributed by atoms with van der Waals surface area (Å²) in [5.74, 6) is 0.863. The van der Waals surface area contributed by atoms with Gasteiger partial charge in [-0.05, 0) is 17.7 Å². The van der Waals surface area contributed by atoms with Crippen LogP contribution in [0, 0.1) is 0 Å². The van der Waals surface area contributed by atoms with Gasteiger partial charge in [0.2, 0.25) is 0 Å². The zero-order valence-corrected chi connectivity index (χ0v) is 14.3. The van der Waals surface area contributed by atoms with Crippen molar-refractivity contribution >= 4 is 5.91 Å². The van der Waals surface area contributed by atoms with E-state index in [-0.39, 0.29) is 5.91 Å². The molecule has 0 aliphatic rings. The molecule has 2 rings (SSSR count). The number of para-hydroxylation sites is 1. The summed E-state index contributed by atoms with van der Waals surface area (Å²) in [6.45, 7) is 1.46. The molecule has 24 heavy (non-hydrogen) atoms. The summed E-state index contributed by atoms with van der Waals surface area (Å²) in [5, 5.41) is 0. The lowest BCUT2D eigenvalue weighted by atomic mass is 10.1. The van der Waals surface area contributed by atoms with E-state index in [0.717, 1.165) is 5.56 Å². The van der Waals surface area contributed by atoms with Crippen LogP contribution >= 0.6 is 0 Å². The molecule has 0 radical (unpaired) electrons. The van der Waals surface area contributed by atoms with E-state index in [1.165, 1.54) is 7.11 Å². The minimum Gasteiger partial charge on any atom is -0.493 e. The first kappa shape index (κ1) is 17.8. The summed E-state index contributed by atoms with van der Waals surface area (Å²) < 4.78 is 15.8. The van der Waals surface area contributed by atoms with Crippen molar-refractivity contribution in [1.82, 2.24) is 4.90 Å². The molecule has 5 nitrogen and oxygen atoms in total. The lowest BCUT2D eigenvalue weighted by Crippen LogP contribution is -2.33. The number of rotatable bonds is 8. The number of amides is 1. The number of hydrogen-bond acceptors (Lipinski definition) is 4. The molecular formula is C19H23NO4. The first-order valence-corrected chi connectivity index (χ1v) is 7.74. The Kier molecular flexibility index (Phi) is 6.63. The van der Waals surface area contributed by atoms with Crippen molar-refractivity contribution in [2.45, 2.75) is 6.54 Å². The Balaban J connectivity index is 2.30.